The lowest BCUT2D eigenvalue weighted by Gasteiger charge is -2.35. The second kappa shape index (κ2) is 5.25. The van der Waals surface area contributed by atoms with Crippen molar-refractivity contribution in [3.8, 4) is 0 Å². The fourth-order valence-electron chi connectivity index (χ4n) is 0.933. The summed E-state index contributed by atoms with van der Waals surface area (Å²) in [5.41, 5.74) is 0. The van der Waals surface area contributed by atoms with Gasteiger partial charge in [0.1, 0.15) is 5.75 Å². The van der Waals surface area contributed by atoms with Crippen LogP contribution in [-0.4, -0.2) is 25.0 Å². The Labute approximate surface area is 93.1 Å². The van der Waals surface area contributed by atoms with Gasteiger partial charge >= 0.3 is 6.72 Å². The summed E-state index contributed by atoms with van der Waals surface area (Å²) < 4.78 is 16.7. The minimum absolute atomic E-state index is 0.107. The summed E-state index contributed by atoms with van der Waals surface area (Å²) in [6.07, 6.45) is 0. The third kappa shape index (κ3) is 4.14. The van der Waals surface area contributed by atoms with E-state index in [2.05, 4.69) is 11.8 Å². The Morgan fingerprint density at radius 1 is 1.57 bits per heavy atom. The maximum absolute atomic E-state index is 11.7. The van der Waals surface area contributed by atoms with Gasteiger partial charge in [0.15, 0.2) is 0 Å². The molecule has 2 unspecified atom stereocenters. The van der Waals surface area contributed by atoms with E-state index in [-0.39, 0.29) is 5.92 Å². The third-order valence-electron chi connectivity index (χ3n) is 2.06. The Balaban J connectivity index is 4.82. The Kier molecular flexibility index (Phi) is 5.57. The van der Waals surface area contributed by atoms with Gasteiger partial charge in [-0.25, -0.2) is 0 Å². The van der Waals surface area contributed by atoms with E-state index in [0.29, 0.717) is 5.75 Å². The zero-order valence-electron chi connectivity index (χ0n) is 8.76. The second-order valence-corrected chi connectivity index (χ2v) is 8.06. The Morgan fingerprint density at radius 2 is 2.00 bits per heavy atom. The lowest BCUT2D eigenvalue weighted by molar-refractivity contribution is 0.101. The highest BCUT2D eigenvalue weighted by Gasteiger charge is 2.44. The van der Waals surface area contributed by atoms with Crippen molar-refractivity contribution in [2.75, 3.05) is 5.75 Å². The molecule has 4 nitrogen and oxygen atoms in total. The molecule has 0 amide bonds. The molecule has 86 valence electrons. The van der Waals surface area contributed by atoms with Gasteiger partial charge in [-0.15, -0.1) is 0 Å². The van der Waals surface area contributed by atoms with Crippen LogP contribution >= 0.6 is 6.72 Å². The molecule has 7 heteroatoms. The molecule has 0 aliphatic rings. The van der Waals surface area contributed by atoms with Crippen molar-refractivity contribution in [1.82, 2.24) is 0 Å². The molecule has 0 aliphatic heterocycles. The van der Waals surface area contributed by atoms with Gasteiger partial charge in [-0.3, -0.25) is 4.52 Å². The van der Waals surface area contributed by atoms with Crippen molar-refractivity contribution in [2.45, 2.75) is 32.6 Å². The number of hydrogen-bond donors (Lipinski definition) is 2. The molecule has 0 aromatic heterocycles. The average molecular weight is 260 g/mol. The summed E-state index contributed by atoms with van der Waals surface area (Å²) >= 11 is 3.10. The Morgan fingerprint density at radius 3 is 2.21 bits per heavy atom. The van der Waals surface area contributed by atoms with Crippen LogP contribution in [0.3, 0.4) is 0 Å². The molecule has 0 aromatic rings. The molecule has 0 saturated carbocycles. The third-order valence-corrected chi connectivity index (χ3v) is 5.01. The van der Waals surface area contributed by atoms with Gasteiger partial charge in [0.05, 0.1) is 0 Å². The van der Waals surface area contributed by atoms with Gasteiger partial charge < -0.3 is 14.3 Å². The molecule has 0 bridgehead atoms. The van der Waals surface area contributed by atoms with Crippen LogP contribution in [0.15, 0.2) is 0 Å². The quantitative estimate of drug-likeness (QED) is 0.576. The van der Waals surface area contributed by atoms with Gasteiger partial charge in [0.2, 0.25) is 4.93 Å². The fraction of sp³-hybridized carbons (Fsp3) is 1.00. The first-order valence-corrected chi connectivity index (χ1v) is 8.22. The van der Waals surface area contributed by atoms with Crippen LogP contribution < -0.4 is 0 Å². The lowest BCUT2D eigenvalue weighted by Crippen LogP contribution is -2.43. The maximum Gasteiger partial charge on any atom is 0.326 e. The van der Waals surface area contributed by atoms with Gasteiger partial charge in [0, 0.05) is 12.8 Å². The minimum Gasteiger partial charge on any atom is -0.614 e. The molecule has 0 aliphatic carbocycles. The van der Waals surface area contributed by atoms with E-state index in [1.165, 1.54) is 0 Å². The monoisotopic (exact) mass is 260 g/mol. The summed E-state index contributed by atoms with van der Waals surface area (Å²) in [6.45, 7) is 3.18. The summed E-state index contributed by atoms with van der Waals surface area (Å²) in [4.78, 5) is 17.1. The van der Waals surface area contributed by atoms with Gasteiger partial charge in [-0.1, -0.05) is 13.8 Å². The SMILES string of the molecule is CC[S+]([O-])C(C)(OP(O)(O)=S)C(C)C. The molecular formula is C7H17O4PS2. The van der Waals surface area contributed by atoms with E-state index in [1.807, 2.05) is 0 Å². The Bertz CT molecular complexity index is 230. The first-order valence-electron chi connectivity index (χ1n) is 4.28. The molecule has 0 aromatic carbocycles. The largest absolute Gasteiger partial charge is 0.614 e. The maximum atomic E-state index is 11.7. The minimum atomic E-state index is -3.77. The van der Waals surface area contributed by atoms with E-state index in [0.717, 1.165) is 0 Å². The molecule has 0 fully saturated rings. The zero-order valence-corrected chi connectivity index (χ0v) is 11.3. The van der Waals surface area contributed by atoms with Crippen molar-refractivity contribution >= 4 is 29.7 Å². The van der Waals surface area contributed by atoms with Crippen LogP contribution in [-0.2, 0) is 27.5 Å². The van der Waals surface area contributed by atoms with Gasteiger partial charge in [-0.05, 0) is 29.9 Å². The van der Waals surface area contributed by atoms with Gasteiger partial charge in [-0.2, -0.15) is 0 Å². The summed E-state index contributed by atoms with van der Waals surface area (Å²) in [5, 5.41) is 0. The molecular weight excluding hydrogens is 243 g/mol. The molecule has 0 radical (unpaired) electrons. The lowest BCUT2D eigenvalue weighted by atomic mass is 10.1. The van der Waals surface area contributed by atoms with Crippen molar-refractivity contribution in [1.29, 1.82) is 0 Å². The Hall–Kier alpha value is 0.840. The summed E-state index contributed by atoms with van der Waals surface area (Å²) in [5.74, 6) is 0.286. The van der Waals surface area contributed by atoms with Crippen LogP contribution in [0.25, 0.3) is 0 Å². The predicted octanol–water partition coefficient (Wildman–Crippen LogP) is 1.35. The van der Waals surface area contributed by atoms with Crippen molar-refractivity contribution in [2.24, 2.45) is 5.92 Å². The highest BCUT2D eigenvalue weighted by Crippen LogP contribution is 2.46. The van der Waals surface area contributed by atoms with Crippen molar-refractivity contribution in [3.05, 3.63) is 0 Å². The first kappa shape index (κ1) is 14.8. The molecule has 0 rings (SSSR count). The molecule has 2 atom stereocenters. The molecule has 0 saturated heterocycles. The highest BCUT2D eigenvalue weighted by molar-refractivity contribution is 8.07. The van der Waals surface area contributed by atoms with E-state index in [1.54, 1.807) is 27.7 Å². The van der Waals surface area contributed by atoms with Crippen molar-refractivity contribution < 1.29 is 18.9 Å². The van der Waals surface area contributed by atoms with Crippen LogP contribution in [0.5, 0.6) is 0 Å². The fourth-order valence-corrected chi connectivity index (χ4v) is 3.97. The molecule has 0 spiro atoms. The smallest absolute Gasteiger partial charge is 0.326 e. The normalized spacial score (nSPS) is 19.4. The van der Waals surface area contributed by atoms with Gasteiger partial charge in [0.25, 0.3) is 0 Å². The second-order valence-electron chi connectivity index (χ2n) is 3.39. The van der Waals surface area contributed by atoms with E-state index in [9.17, 15) is 4.55 Å². The highest BCUT2D eigenvalue weighted by atomic mass is 32.5. The topological polar surface area (TPSA) is 72.8 Å². The van der Waals surface area contributed by atoms with E-state index < -0.39 is 22.8 Å². The first-order chi connectivity index (χ1) is 6.13. The summed E-state index contributed by atoms with van der Waals surface area (Å²) in [6, 6.07) is 0. The number of rotatable bonds is 5. The molecule has 2 N–H and O–H groups in total. The van der Waals surface area contributed by atoms with E-state index >= 15 is 0 Å². The van der Waals surface area contributed by atoms with Crippen molar-refractivity contribution in [3.63, 3.8) is 0 Å². The number of hydrogen-bond acceptors (Lipinski definition) is 3. The average Bonchev–Trinajstić information content (AvgIpc) is 1.99. The van der Waals surface area contributed by atoms with E-state index in [4.69, 9.17) is 14.3 Å². The van der Waals surface area contributed by atoms with Crippen LogP contribution in [0.2, 0.25) is 0 Å². The standard InChI is InChI=1S/C7H17O4PS2/c1-5-14(10)7(4,6(2)3)11-12(8,9)13/h6H,5H2,1-4H3,(H2,8,9,13). The van der Waals surface area contributed by atoms with Crippen LogP contribution in [0, 0.1) is 5.92 Å². The van der Waals surface area contributed by atoms with Crippen LogP contribution in [0.4, 0.5) is 0 Å². The zero-order chi connectivity index (χ0) is 11.6. The summed E-state index contributed by atoms with van der Waals surface area (Å²) in [7, 11) is 0. The molecule has 0 heterocycles. The molecule has 14 heavy (non-hydrogen) atoms. The van der Waals surface area contributed by atoms with Crippen LogP contribution in [0.1, 0.15) is 27.7 Å². The predicted molar refractivity (Wildman–Crippen MR) is 61.7 cm³/mol.